The van der Waals surface area contributed by atoms with Gasteiger partial charge in [-0.25, -0.2) is 0 Å². The number of carbonyl (C=O) groups is 3. The van der Waals surface area contributed by atoms with Crippen LogP contribution in [0.25, 0.3) is 0 Å². The lowest BCUT2D eigenvalue weighted by molar-refractivity contribution is -0.139. The monoisotopic (exact) mass is 382 g/mol. The lowest BCUT2D eigenvalue weighted by atomic mass is 9.74. The van der Waals surface area contributed by atoms with Crippen molar-refractivity contribution < 1.29 is 24.2 Å². The number of ether oxygens (including phenoxy) is 1. The molecule has 1 aliphatic heterocycles. The largest absolute Gasteiger partial charge is 0.482 e. The smallest absolute Gasteiger partial charge is 0.305 e. The number of benzene rings is 1. The molecule has 8 heteroatoms. The Kier molecular flexibility index (Phi) is 4.01. The molecular formula is C15H15BrN2O5. The number of amides is 2. The summed E-state index contributed by atoms with van der Waals surface area (Å²) in [5.41, 5.74) is 0.165. The molecule has 0 unspecified atom stereocenters. The maximum absolute atomic E-state index is 12.5. The molecule has 2 amide bonds. The number of halogens is 1. The maximum Gasteiger partial charge on any atom is 0.305 e. The summed E-state index contributed by atoms with van der Waals surface area (Å²) in [4.78, 5) is 34.8. The summed E-state index contributed by atoms with van der Waals surface area (Å²) in [6.45, 7) is -0.0986. The molecule has 1 fully saturated rings. The second-order valence-corrected chi connectivity index (χ2v) is 6.68. The zero-order valence-electron chi connectivity index (χ0n) is 12.1. The van der Waals surface area contributed by atoms with Crippen molar-refractivity contribution in [2.24, 2.45) is 0 Å². The predicted molar refractivity (Wildman–Crippen MR) is 84.6 cm³/mol. The van der Waals surface area contributed by atoms with E-state index in [2.05, 4.69) is 26.6 Å². The molecule has 0 aromatic heterocycles. The summed E-state index contributed by atoms with van der Waals surface area (Å²) in [7, 11) is 0. The minimum atomic E-state index is -0.930. The van der Waals surface area contributed by atoms with E-state index in [4.69, 9.17) is 9.84 Å². The van der Waals surface area contributed by atoms with E-state index in [-0.39, 0.29) is 24.8 Å². The number of carboxylic acid groups (broad SMARTS) is 1. The zero-order chi connectivity index (χ0) is 16.6. The molecule has 0 radical (unpaired) electrons. The van der Waals surface area contributed by atoms with Crippen LogP contribution in [0.3, 0.4) is 0 Å². The molecule has 23 heavy (non-hydrogen) atoms. The molecule has 1 saturated carbocycles. The van der Waals surface area contributed by atoms with Gasteiger partial charge < -0.3 is 20.5 Å². The number of aliphatic carboxylic acids is 1. The molecule has 3 N–H and O–H groups in total. The first-order valence-electron chi connectivity index (χ1n) is 7.19. The molecule has 1 aromatic carbocycles. The van der Waals surface area contributed by atoms with Crippen molar-refractivity contribution in [1.82, 2.24) is 5.32 Å². The van der Waals surface area contributed by atoms with E-state index in [1.807, 2.05) is 0 Å². The Balaban J connectivity index is 1.82. The first-order chi connectivity index (χ1) is 10.9. The third-order valence-electron chi connectivity index (χ3n) is 4.13. The minimum Gasteiger partial charge on any atom is -0.482 e. The van der Waals surface area contributed by atoms with Gasteiger partial charge >= 0.3 is 5.97 Å². The van der Waals surface area contributed by atoms with E-state index in [1.54, 1.807) is 12.1 Å². The van der Waals surface area contributed by atoms with Crippen LogP contribution in [0.2, 0.25) is 0 Å². The third-order valence-corrected chi connectivity index (χ3v) is 4.78. The van der Waals surface area contributed by atoms with Crippen LogP contribution in [0.4, 0.5) is 5.69 Å². The summed E-state index contributed by atoms with van der Waals surface area (Å²) in [5, 5.41) is 14.5. The van der Waals surface area contributed by atoms with Crippen molar-refractivity contribution in [3.05, 3.63) is 22.2 Å². The number of hydrogen-bond acceptors (Lipinski definition) is 4. The summed E-state index contributed by atoms with van der Waals surface area (Å²) in [6, 6.07) is 3.15. The van der Waals surface area contributed by atoms with Crippen LogP contribution in [0, 0.1) is 0 Å². The molecule has 0 bridgehead atoms. The van der Waals surface area contributed by atoms with Crippen LogP contribution < -0.4 is 15.4 Å². The first kappa shape index (κ1) is 15.8. The number of rotatable bonds is 4. The number of carbonyl (C=O) groups excluding carboxylic acids is 2. The van der Waals surface area contributed by atoms with Gasteiger partial charge in [-0.15, -0.1) is 0 Å². The van der Waals surface area contributed by atoms with Gasteiger partial charge in [-0.3, -0.25) is 14.4 Å². The van der Waals surface area contributed by atoms with Gasteiger partial charge in [-0.1, -0.05) is 0 Å². The van der Waals surface area contributed by atoms with Crippen molar-refractivity contribution in [2.75, 3.05) is 11.9 Å². The average molecular weight is 383 g/mol. The van der Waals surface area contributed by atoms with Gasteiger partial charge in [0.15, 0.2) is 6.61 Å². The summed E-state index contributed by atoms with van der Waals surface area (Å²) in [5.74, 6) is -1.13. The van der Waals surface area contributed by atoms with Gasteiger partial charge in [-0.2, -0.15) is 0 Å². The van der Waals surface area contributed by atoms with Crippen molar-refractivity contribution in [1.29, 1.82) is 0 Å². The van der Waals surface area contributed by atoms with Gasteiger partial charge in [0.2, 0.25) is 0 Å². The van der Waals surface area contributed by atoms with Crippen LogP contribution in [-0.4, -0.2) is 35.0 Å². The third kappa shape index (κ3) is 3.17. The molecule has 0 saturated heterocycles. The lowest BCUT2D eigenvalue weighted by Crippen LogP contribution is -2.54. The van der Waals surface area contributed by atoms with Crippen LogP contribution in [0.15, 0.2) is 16.6 Å². The number of fused-ring (bicyclic) bond motifs is 1. The molecule has 1 heterocycles. The normalized spacial score (nSPS) is 18.0. The van der Waals surface area contributed by atoms with Crippen molar-refractivity contribution >= 4 is 39.4 Å². The lowest BCUT2D eigenvalue weighted by Gasteiger charge is -2.41. The molecule has 3 rings (SSSR count). The van der Waals surface area contributed by atoms with Gasteiger partial charge in [0.05, 0.1) is 23.2 Å². The van der Waals surface area contributed by atoms with E-state index in [9.17, 15) is 14.4 Å². The Hall–Kier alpha value is -2.09. The quantitative estimate of drug-likeness (QED) is 0.737. The summed E-state index contributed by atoms with van der Waals surface area (Å²) < 4.78 is 5.81. The topological polar surface area (TPSA) is 105 Å². The van der Waals surface area contributed by atoms with Crippen molar-refractivity contribution in [3.8, 4) is 5.75 Å². The summed E-state index contributed by atoms with van der Waals surface area (Å²) >= 11 is 3.31. The Morgan fingerprint density at radius 1 is 1.39 bits per heavy atom. The first-order valence-corrected chi connectivity index (χ1v) is 7.98. The molecule has 122 valence electrons. The maximum atomic E-state index is 12.5. The number of anilines is 1. The number of nitrogens with one attached hydrogen (secondary N) is 2. The molecular weight excluding hydrogens is 368 g/mol. The van der Waals surface area contributed by atoms with E-state index in [0.29, 0.717) is 34.3 Å². The standard InChI is InChI=1S/C15H15BrN2O5/c16-9-5-10-11(23-7-12(19)17-10)4-8(9)14(22)18-15(2-1-3-15)6-13(20)21/h4-5H,1-3,6-7H2,(H,17,19)(H,18,22)(H,20,21). The number of carboxylic acids is 1. The highest BCUT2D eigenvalue weighted by Gasteiger charge is 2.40. The zero-order valence-corrected chi connectivity index (χ0v) is 13.7. The summed E-state index contributed by atoms with van der Waals surface area (Å²) in [6.07, 6.45) is 2.11. The average Bonchev–Trinajstić information content (AvgIpc) is 2.43. The van der Waals surface area contributed by atoms with E-state index in [1.165, 1.54) is 0 Å². The fourth-order valence-corrected chi connectivity index (χ4v) is 3.34. The van der Waals surface area contributed by atoms with E-state index in [0.717, 1.165) is 6.42 Å². The molecule has 7 nitrogen and oxygen atoms in total. The Bertz CT molecular complexity index is 699. The van der Waals surface area contributed by atoms with Crippen LogP contribution in [0.1, 0.15) is 36.0 Å². The molecule has 1 aliphatic carbocycles. The van der Waals surface area contributed by atoms with Crippen molar-refractivity contribution in [3.63, 3.8) is 0 Å². The Labute approximate surface area is 140 Å². The highest BCUT2D eigenvalue weighted by Crippen LogP contribution is 2.37. The van der Waals surface area contributed by atoms with Crippen molar-refractivity contribution in [2.45, 2.75) is 31.2 Å². The Morgan fingerprint density at radius 3 is 2.74 bits per heavy atom. The second kappa shape index (κ2) is 5.84. The highest BCUT2D eigenvalue weighted by atomic mass is 79.9. The van der Waals surface area contributed by atoms with Crippen LogP contribution >= 0.6 is 15.9 Å². The molecule has 0 spiro atoms. The molecule has 2 aliphatic rings. The second-order valence-electron chi connectivity index (χ2n) is 5.82. The van der Waals surface area contributed by atoms with Gasteiger partial charge in [0.1, 0.15) is 5.75 Å². The predicted octanol–water partition coefficient (Wildman–Crippen LogP) is 1.91. The highest BCUT2D eigenvalue weighted by molar-refractivity contribution is 9.10. The SMILES string of the molecule is O=C(O)CC1(NC(=O)c2cc3c(cc2Br)NC(=O)CO3)CCC1. The van der Waals surface area contributed by atoms with Gasteiger partial charge in [-0.05, 0) is 47.3 Å². The van der Waals surface area contributed by atoms with Gasteiger partial charge in [0, 0.05) is 4.47 Å². The minimum absolute atomic E-state index is 0.0894. The van der Waals surface area contributed by atoms with Crippen LogP contribution in [-0.2, 0) is 9.59 Å². The number of hydrogen-bond donors (Lipinski definition) is 3. The van der Waals surface area contributed by atoms with E-state index < -0.39 is 11.5 Å². The Morgan fingerprint density at radius 2 is 2.13 bits per heavy atom. The fourth-order valence-electron chi connectivity index (χ4n) is 2.82. The fraction of sp³-hybridized carbons (Fsp3) is 0.400. The molecule has 0 atom stereocenters. The molecule has 1 aromatic rings. The van der Waals surface area contributed by atoms with Crippen LogP contribution in [0.5, 0.6) is 5.75 Å². The van der Waals surface area contributed by atoms with Gasteiger partial charge in [0.25, 0.3) is 11.8 Å². The van der Waals surface area contributed by atoms with E-state index >= 15 is 0 Å².